The summed E-state index contributed by atoms with van der Waals surface area (Å²) in [5.41, 5.74) is 7.50. The first-order chi connectivity index (χ1) is 15.3. The smallest absolute Gasteiger partial charge is 0.260 e. The third kappa shape index (κ3) is 6.00. The van der Waals surface area contributed by atoms with Gasteiger partial charge in [-0.05, 0) is 77.9 Å². The summed E-state index contributed by atoms with van der Waals surface area (Å²) in [7, 11) is 1.61. The SMILES string of the molecule is CCOc1cc(/C=C2\SC(Nc3cc(C)ccc3OC)NC2=O)cc(I)c1OCC(N)=O. The van der Waals surface area contributed by atoms with Crippen LogP contribution in [0, 0.1) is 10.5 Å². The molecule has 1 fully saturated rings. The largest absolute Gasteiger partial charge is 0.495 e. The molecule has 170 valence electrons. The summed E-state index contributed by atoms with van der Waals surface area (Å²) in [6, 6.07) is 9.44. The van der Waals surface area contributed by atoms with Gasteiger partial charge >= 0.3 is 0 Å². The summed E-state index contributed by atoms with van der Waals surface area (Å²) in [5.74, 6) is 0.877. The van der Waals surface area contributed by atoms with E-state index in [9.17, 15) is 9.59 Å². The maximum absolute atomic E-state index is 12.6. The zero-order valence-electron chi connectivity index (χ0n) is 17.9. The summed E-state index contributed by atoms with van der Waals surface area (Å²) in [6.45, 7) is 4.02. The highest BCUT2D eigenvalue weighted by atomic mass is 127. The molecule has 1 saturated heterocycles. The number of ether oxygens (including phenoxy) is 3. The molecule has 0 bridgehead atoms. The van der Waals surface area contributed by atoms with Crippen LogP contribution in [0.5, 0.6) is 17.2 Å². The van der Waals surface area contributed by atoms with Gasteiger partial charge in [0.05, 0.1) is 27.9 Å². The second kappa shape index (κ2) is 10.8. The number of primary amides is 1. The van der Waals surface area contributed by atoms with Crippen molar-refractivity contribution in [1.29, 1.82) is 0 Å². The number of aryl methyl sites for hydroxylation is 1. The number of carbonyl (C=O) groups is 2. The van der Waals surface area contributed by atoms with E-state index in [1.165, 1.54) is 11.8 Å². The molecular formula is C22H24IN3O5S. The van der Waals surface area contributed by atoms with Gasteiger partial charge in [0.25, 0.3) is 11.8 Å². The van der Waals surface area contributed by atoms with Gasteiger partial charge in [-0.25, -0.2) is 0 Å². The van der Waals surface area contributed by atoms with E-state index in [2.05, 4.69) is 33.2 Å². The standard InChI is InChI=1S/C22H24IN3O5S/c1-4-30-17-9-13(8-14(23)20(17)31-11-19(24)27)10-18-21(28)26-22(32-18)25-15-7-12(2)5-6-16(15)29-3/h5-10,22,25H,4,11H2,1-3H3,(H2,24,27)(H,26,28)/b18-10-. The quantitative estimate of drug-likeness (QED) is 0.313. The molecule has 8 nitrogen and oxygen atoms in total. The van der Waals surface area contributed by atoms with Crippen LogP contribution in [0.25, 0.3) is 6.08 Å². The van der Waals surface area contributed by atoms with Crippen molar-refractivity contribution in [2.24, 2.45) is 5.73 Å². The van der Waals surface area contributed by atoms with Crippen LogP contribution in [0.2, 0.25) is 0 Å². The summed E-state index contributed by atoms with van der Waals surface area (Å²) in [4.78, 5) is 24.2. The molecule has 32 heavy (non-hydrogen) atoms. The van der Waals surface area contributed by atoms with E-state index in [-0.39, 0.29) is 18.0 Å². The number of nitrogens with two attached hydrogens (primary N) is 1. The average molecular weight is 569 g/mol. The van der Waals surface area contributed by atoms with Crippen molar-refractivity contribution in [3.63, 3.8) is 0 Å². The molecule has 1 heterocycles. The number of hydrogen-bond donors (Lipinski definition) is 3. The predicted octanol–water partition coefficient (Wildman–Crippen LogP) is 3.47. The minimum Gasteiger partial charge on any atom is -0.495 e. The highest BCUT2D eigenvalue weighted by Gasteiger charge is 2.28. The summed E-state index contributed by atoms with van der Waals surface area (Å²) >= 11 is 3.47. The Morgan fingerprint density at radius 1 is 1.28 bits per heavy atom. The molecule has 2 amide bonds. The molecule has 10 heteroatoms. The molecule has 3 rings (SSSR count). The van der Waals surface area contributed by atoms with Crippen molar-refractivity contribution in [2.75, 3.05) is 25.6 Å². The first-order valence-electron chi connectivity index (χ1n) is 9.78. The fourth-order valence-electron chi connectivity index (χ4n) is 3.01. The predicted molar refractivity (Wildman–Crippen MR) is 134 cm³/mol. The molecule has 0 aliphatic carbocycles. The lowest BCUT2D eigenvalue weighted by atomic mass is 10.2. The normalized spacial score (nSPS) is 16.6. The molecule has 0 spiro atoms. The Morgan fingerprint density at radius 2 is 2.06 bits per heavy atom. The lowest BCUT2D eigenvalue weighted by molar-refractivity contribution is -0.120. The van der Waals surface area contributed by atoms with Crippen LogP contribution in [0.4, 0.5) is 5.69 Å². The van der Waals surface area contributed by atoms with E-state index in [4.69, 9.17) is 19.9 Å². The van der Waals surface area contributed by atoms with Gasteiger partial charge in [0.1, 0.15) is 5.75 Å². The summed E-state index contributed by atoms with van der Waals surface area (Å²) < 4.78 is 17.3. The Hall–Kier alpha value is -2.60. The minimum atomic E-state index is -0.572. The molecule has 0 radical (unpaired) electrons. The third-order valence-corrected chi connectivity index (χ3v) is 6.19. The van der Waals surface area contributed by atoms with Gasteiger partial charge in [-0.15, -0.1) is 0 Å². The second-order valence-corrected chi connectivity index (χ2v) is 9.16. The van der Waals surface area contributed by atoms with Crippen LogP contribution in [-0.2, 0) is 9.59 Å². The van der Waals surface area contributed by atoms with Crippen LogP contribution in [0.3, 0.4) is 0 Å². The van der Waals surface area contributed by atoms with Gasteiger partial charge < -0.3 is 30.6 Å². The van der Waals surface area contributed by atoms with E-state index in [1.54, 1.807) is 19.3 Å². The van der Waals surface area contributed by atoms with Crippen LogP contribution >= 0.6 is 34.4 Å². The zero-order valence-corrected chi connectivity index (χ0v) is 20.8. The number of anilines is 1. The molecule has 1 aliphatic rings. The van der Waals surface area contributed by atoms with Crippen LogP contribution < -0.4 is 30.6 Å². The van der Waals surface area contributed by atoms with Gasteiger partial charge in [0, 0.05) is 0 Å². The molecule has 2 aromatic rings. The zero-order chi connectivity index (χ0) is 23.3. The van der Waals surface area contributed by atoms with Crippen LogP contribution in [0.1, 0.15) is 18.1 Å². The number of nitrogens with one attached hydrogen (secondary N) is 2. The Labute approximate surface area is 204 Å². The van der Waals surface area contributed by atoms with Crippen molar-refractivity contribution < 1.29 is 23.8 Å². The monoisotopic (exact) mass is 569 g/mol. The van der Waals surface area contributed by atoms with E-state index in [1.807, 2.05) is 38.1 Å². The first kappa shape index (κ1) is 24.1. The Morgan fingerprint density at radius 3 is 2.75 bits per heavy atom. The average Bonchev–Trinajstić information content (AvgIpc) is 3.06. The van der Waals surface area contributed by atoms with Crippen LogP contribution in [-0.4, -0.2) is 37.6 Å². The number of methoxy groups -OCH3 is 1. The van der Waals surface area contributed by atoms with E-state index in [0.717, 1.165) is 20.4 Å². The number of benzene rings is 2. The third-order valence-electron chi connectivity index (χ3n) is 4.36. The Bertz CT molecular complexity index is 1060. The molecule has 0 aromatic heterocycles. The lowest BCUT2D eigenvalue weighted by Crippen LogP contribution is -2.31. The van der Waals surface area contributed by atoms with E-state index in [0.29, 0.717) is 28.8 Å². The van der Waals surface area contributed by atoms with Crippen molar-refractivity contribution in [3.05, 3.63) is 49.9 Å². The fraction of sp³-hybridized carbons (Fsp3) is 0.273. The summed E-state index contributed by atoms with van der Waals surface area (Å²) in [5, 5.41) is 6.22. The van der Waals surface area contributed by atoms with Crippen molar-refractivity contribution in [2.45, 2.75) is 19.3 Å². The number of thioether (sulfide) groups is 1. The van der Waals surface area contributed by atoms with Gasteiger partial charge in [0.2, 0.25) is 0 Å². The molecule has 4 N–H and O–H groups in total. The number of carbonyl (C=O) groups excluding carboxylic acids is 2. The highest BCUT2D eigenvalue weighted by molar-refractivity contribution is 14.1. The van der Waals surface area contributed by atoms with Crippen molar-refractivity contribution >= 4 is 57.9 Å². The van der Waals surface area contributed by atoms with E-state index < -0.39 is 5.91 Å². The van der Waals surface area contributed by atoms with Crippen molar-refractivity contribution in [1.82, 2.24) is 5.32 Å². The summed E-state index contributed by atoms with van der Waals surface area (Å²) in [6.07, 6.45) is 1.79. The molecule has 1 unspecified atom stereocenters. The number of rotatable bonds is 9. The van der Waals surface area contributed by atoms with Gasteiger partial charge in [0.15, 0.2) is 23.6 Å². The second-order valence-electron chi connectivity index (χ2n) is 6.85. The topological polar surface area (TPSA) is 112 Å². The van der Waals surface area contributed by atoms with Crippen LogP contribution in [0.15, 0.2) is 35.2 Å². The molecule has 1 atom stereocenters. The van der Waals surface area contributed by atoms with Crippen molar-refractivity contribution in [3.8, 4) is 17.2 Å². The minimum absolute atomic E-state index is 0.179. The highest BCUT2D eigenvalue weighted by Crippen LogP contribution is 2.37. The van der Waals surface area contributed by atoms with E-state index >= 15 is 0 Å². The molecular weight excluding hydrogens is 545 g/mol. The maximum atomic E-state index is 12.6. The lowest BCUT2D eigenvalue weighted by Gasteiger charge is -2.16. The number of amides is 2. The van der Waals surface area contributed by atoms with Gasteiger partial charge in [-0.1, -0.05) is 17.8 Å². The molecule has 0 saturated carbocycles. The Balaban J connectivity index is 1.81. The first-order valence-corrected chi connectivity index (χ1v) is 11.7. The van der Waals surface area contributed by atoms with Gasteiger partial charge in [-0.2, -0.15) is 0 Å². The molecule has 1 aliphatic heterocycles. The Kier molecular flexibility index (Phi) is 8.13. The fourth-order valence-corrected chi connectivity index (χ4v) is 4.77. The number of halogens is 1. The molecule has 2 aromatic carbocycles. The van der Waals surface area contributed by atoms with Gasteiger partial charge in [-0.3, -0.25) is 9.59 Å². The maximum Gasteiger partial charge on any atom is 0.260 e. The number of hydrogen-bond acceptors (Lipinski definition) is 7.